The van der Waals surface area contributed by atoms with Crippen LogP contribution in [0.2, 0.25) is 0 Å². The minimum Gasteiger partial charge on any atom is -0.456 e. The van der Waals surface area contributed by atoms with Gasteiger partial charge in [0, 0.05) is 12.6 Å². The molecule has 9 nitrogen and oxygen atoms in total. The smallest absolute Gasteiger partial charge is 0.307 e. The van der Waals surface area contributed by atoms with Gasteiger partial charge in [0.05, 0.1) is 17.9 Å². The molecule has 0 radical (unpaired) electrons. The Hall–Kier alpha value is -1.50. The van der Waals surface area contributed by atoms with Crippen molar-refractivity contribution in [3.63, 3.8) is 0 Å². The molecule has 0 unspecified atom stereocenters. The minimum atomic E-state index is -3.65. The van der Waals surface area contributed by atoms with E-state index in [1.54, 1.807) is 11.4 Å². The molecule has 0 aliphatic carbocycles. The van der Waals surface area contributed by atoms with Crippen LogP contribution in [0.1, 0.15) is 12.8 Å². The summed E-state index contributed by atoms with van der Waals surface area (Å²) < 4.78 is 53.3. The van der Waals surface area contributed by atoms with Gasteiger partial charge in [-0.2, -0.15) is 0 Å². The lowest BCUT2D eigenvalue weighted by Crippen LogP contribution is -2.38. The van der Waals surface area contributed by atoms with E-state index in [1.807, 2.05) is 0 Å². The fourth-order valence-corrected chi connectivity index (χ4v) is 5.91. The van der Waals surface area contributed by atoms with Gasteiger partial charge in [-0.05, 0) is 17.9 Å². The number of nitrogens with one attached hydrogen (secondary N) is 2. The first kappa shape index (κ1) is 19.8. The van der Waals surface area contributed by atoms with E-state index < -0.39 is 44.4 Å². The summed E-state index contributed by atoms with van der Waals surface area (Å²) in [6.45, 7) is -0.686. The fraction of sp³-hybridized carbons (Fsp3) is 0.538. The van der Waals surface area contributed by atoms with Gasteiger partial charge in [0.2, 0.25) is 10.0 Å². The quantitative estimate of drug-likeness (QED) is 0.539. The minimum absolute atomic E-state index is 0.0299. The monoisotopic (exact) mass is 410 g/mol. The van der Waals surface area contributed by atoms with E-state index in [0.717, 1.165) is 11.3 Å². The molecule has 12 heteroatoms. The number of amides is 1. The van der Waals surface area contributed by atoms with Crippen LogP contribution in [0.4, 0.5) is 0 Å². The molecule has 2 rings (SSSR count). The number of carbonyl (C=O) groups is 2. The van der Waals surface area contributed by atoms with Crippen LogP contribution < -0.4 is 10.0 Å². The van der Waals surface area contributed by atoms with E-state index in [4.69, 9.17) is 4.74 Å². The van der Waals surface area contributed by atoms with Crippen molar-refractivity contribution in [3.05, 3.63) is 17.5 Å². The highest BCUT2D eigenvalue weighted by Crippen LogP contribution is 2.15. The van der Waals surface area contributed by atoms with Gasteiger partial charge in [-0.3, -0.25) is 9.59 Å². The average Bonchev–Trinajstić information content (AvgIpc) is 3.15. The topological polar surface area (TPSA) is 136 Å². The lowest BCUT2D eigenvalue weighted by atomic mass is 10.2. The molecule has 2 N–H and O–H groups in total. The lowest BCUT2D eigenvalue weighted by molar-refractivity contribution is -0.148. The number of sulfonamides is 1. The molecule has 1 atom stereocenters. The molecule has 1 aromatic heterocycles. The first-order chi connectivity index (χ1) is 11.7. The van der Waals surface area contributed by atoms with E-state index in [9.17, 15) is 26.4 Å². The second-order valence-corrected chi connectivity index (χ2v) is 10.6. The molecule has 1 saturated heterocycles. The van der Waals surface area contributed by atoms with E-state index in [2.05, 4.69) is 10.0 Å². The van der Waals surface area contributed by atoms with Crippen LogP contribution in [-0.4, -0.2) is 59.4 Å². The third kappa shape index (κ3) is 6.38. The summed E-state index contributed by atoms with van der Waals surface area (Å²) in [7, 11) is -6.75. The van der Waals surface area contributed by atoms with Gasteiger partial charge in [-0.1, -0.05) is 6.07 Å². The summed E-state index contributed by atoms with van der Waals surface area (Å²) in [6.07, 6.45) is 0.113. The van der Waals surface area contributed by atoms with Gasteiger partial charge in [-0.25, -0.2) is 21.6 Å². The predicted molar refractivity (Wildman–Crippen MR) is 90.3 cm³/mol. The van der Waals surface area contributed by atoms with Crippen molar-refractivity contribution in [3.8, 4) is 0 Å². The molecule has 0 bridgehead atoms. The van der Waals surface area contributed by atoms with E-state index in [1.165, 1.54) is 6.07 Å². The first-order valence-electron chi connectivity index (χ1n) is 7.36. The van der Waals surface area contributed by atoms with Crippen LogP contribution in [0.25, 0.3) is 0 Å². The number of carbonyl (C=O) groups excluding carboxylic acids is 2. The molecule has 1 amide bonds. The van der Waals surface area contributed by atoms with Crippen molar-refractivity contribution in [2.24, 2.45) is 0 Å². The molecule has 0 saturated carbocycles. The predicted octanol–water partition coefficient (Wildman–Crippen LogP) is -0.737. The zero-order valence-electron chi connectivity index (χ0n) is 13.1. The summed E-state index contributed by atoms with van der Waals surface area (Å²) >= 11 is 1.06. The van der Waals surface area contributed by atoms with Crippen molar-refractivity contribution in [2.75, 3.05) is 24.7 Å². The maximum Gasteiger partial charge on any atom is 0.307 e. The lowest BCUT2D eigenvalue weighted by Gasteiger charge is -2.11. The summed E-state index contributed by atoms with van der Waals surface area (Å²) in [6, 6.07) is 2.58. The van der Waals surface area contributed by atoms with Crippen molar-refractivity contribution >= 4 is 43.1 Å². The maximum absolute atomic E-state index is 11.8. The van der Waals surface area contributed by atoms with Gasteiger partial charge in [0.15, 0.2) is 16.4 Å². The molecule has 1 fully saturated rings. The second kappa shape index (κ2) is 8.25. The zero-order chi connectivity index (χ0) is 18.5. The maximum atomic E-state index is 11.8. The van der Waals surface area contributed by atoms with Crippen molar-refractivity contribution in [1.82, 2.24) is 10.0 Å². The largest absolute Gasteiger partial charge is 0.456 e. The summed E-state index contributed by atoms with van der Waals surface area (Å²) in [5.74, 6) is -1.41. The Morgan fingerprint density at radius 1 is 1.36 bits per heavy atom. The van der Waals surface area contributed by atoms with Gasteiger partial charge >= 0.3 is 5.97 Å². The number of ether oxygens (including phenoxy) is 1. The Morgan fingerprint density at radius 3 is 2.72 bits per heavy atom. The number of thiophene rings is 1. The van der Waals surface area contributed by atoms with Crippen molar-refractivity contribution < 1.29 is 31.2 Å². The van der Waals surface area contributed by atoms with E-state index in [-0.39, 0.29) is 28.7 Å². The van der Waals surface area contributed by atoms with Gasteiger partial charge in [0.1, 0.15) is 4.21 Å². The average molecular weight is 410 g/mol. The molecular formula is C13H18N2O7S3. The molecule has 1 aromatic rings. The van der Waals surface area contributed by atoms with E-state index >= 15 is 0 Å². The van der Waals surface area contributed by atoms with Crippen LogP contribution in [0.15, 0.2) is 21.7 Å². The van der Waals surface area contributed by atoms with Crippen molar-refractivity contribution in [2.45, 2.75) is 23.1 Å². The van der Waals surface area contributed by atoms with E-state index in [0.29, 0.717) is 6.42 Å². The van der Waals surface area contributed by atoms with Crippen LogP contribution >= 0.6 is 11.3 Å². The van der Waals surface area contributed by atoms with Crippen LogP contribution in [0, 0.1) is 0 Å². The van der Waals surface area contributed by atoms with Gasteiger partial charge in [-0.15, -0.1) is 11.3 Å². The Bertz CT molecular complexity index is 816. The highest BCUT2D eigenvalue weighted by molar-refractivity contribution is 7.91. The van der Waals surface area contributed by atoms with Crippen LogP contribution in [-0.2, 0) is 34.2 Å². The number of hydrogen-bond acceptors (Lipinski definition) is 8. The molecular weight excluding hydrogens is 392 g/mol. The zero-order valence-corrected chi connectivity index (χ0v) is 15.6. The molecule has 0 spiro atoms. The third-order valence-electron chi connectivity index (χ3n) is 3.34. The molecule has 0 aromatic carbocycles. The van der Waals surface area contributed by atoms with Gasteiger partial charge < -0.3 is 10.1 Å². The molecule has 140 valence electrons. The summed E-state index contributed by atoms with van der Waals surface area (Å²) in [5, 5.41) is 4.11. The summed E-state index contributed by atoms with van der Waals surface area (Å²) in [4.78, 5) is 23.1. The first-order valence-corrected chi connectivity index (χ1v) is 11.5. The molecule has 25 heavy (non-hydrogen) atoms. The number of rotatable bonds is 8. The van der Waals surface area contributed by atoms with Crippen LogP contribution in [0.3, 0.4) is 0 Å². The highest BCUT2D eigenvalue weighted by Gasteiger charge is 2.29. The SMILES string of the molecule is O=C(COC(=O)CCNS(=O)(=O)c1cccs1)N[C@@H]1CCS(=O)(=O)C1. The molecule has 2 heterocycles. The third-order valence-corrected chi connectivity index (χ3v) is 7.97. The molecule has 1 aliphatic heterocycles. The van der Waals surface area contributed by atoms with Gasteiger partial charge in [0.25, 0.3) is 5.91 Å². The standard InChI is InChI=1S/C13H18N2O7S3/c16-11(15-10-4-7-24(18,19)9-10)8-22-12(17)3-5-14-25(20,21)13-2-1-6-23-13/h1-2,6,10,14H,3-5,7-9H2,(H,15,16)/t10-/m1/s1. The number of hydrogen-bond donors (Lipinski definition) is 2. The van der Waals surface area contributed by atoms with Crippen molar-refractivity contribution in [1.29, 1.82) is 0 Å². The Morgan fingerprint density at radius 2 is 2.12 bits per heavy atom. The number of esters is 1. The Balaban J connectivity index is 1.65. The Kier molecular flexibility index (Phi) is 6.54. The number of sulfone groups is 1. The van der Waals surface area contributed by atoms with Crippen LogP contribution in [0.5, 0.6) is 0 Å². The second-order valence-electron chi connectivity index (χ2n) is 5.41. The Labute approximate surface area is 149 Å². The fourth-order valence-electron chi connectivity index (χ4n) is 2.17. The normalized spacial score (nSPS) is 19.4. The summed E-state index contributed by atoms with van der Waals surface area (Å²) in [5.41, 5.74) is 0. The highest BCUT2D eigenvalue weighted by atomic mass is 32.2. The molecule has 1 aliphatic rings.